The van der Waals surface area contributed by atoms with Crippen molar-refractivity contribution in [3.05, 3.63) is 224 Å². The zero-order chi connectivity index (χ0) is 41.4. The molecule has 0 aliphatic carbocycles. The first-order valence-electron chi connectivity index (χ1n) is 21.5. The van der Waals surface area contributed by atoms with Crippen LogP contribution in [0.4, 0.5) is 17.1 Å². The molecule has 0 aliphatic heterocycles. The summed E-state index contributed by atoms with van der Waals surface area (Å²) >= 11 is 0. The SMILES string of the molecule is c1ccc(-c2ccc(N(c3ccc(-c4cc5ccccc5c5ccccc45)cc3)c3cccc4ccccc34)c3c2oc2ccccc23)c(-c2ccc3c(c2)oc2ccccc23)c1. The van der Waals surface area contributed by atoms with E-state index in [4.69, 9.17) is 8.83 Å². The van der Waals surface area contributed by atoms with Gasteiger partial charge < -0.3 is 13.7 Å². The molecule has 3 nitrogen and oxygen atoms in total. The van der Waals surface area contributed by atoms with Crippen molar-refractivity contribution < 1.29 is 8.83 Å². The summed E-state index contributed by atoms with van der Waals surface area (Å²) in [4.78, 5) is 2.42. The Labute approximate surface area is 363 Å². The molecular formula is C60H37NO2. The van der Waals surface area contributed by atoms with Gasteiger partial charge in [-0.05, 0) is 115 Å². The number of benzene rings is 11. The van der Waals surface area contributed by atoms with Crippen molar-refractivity contribution >= 4 is 93.3 Å². The molecule has 3 heteroatoms. The molecule has 0 N–H and O–H groups in total. The molecule has 13 rings (SSSR count). The van der Waals surface area contributed by atoms with Crippen LogP contribution in [-0.2, 0) is 0 Å². The zero-order valence-electron chi connectivity index (χ0n) is 34.1. The van der Waals surface area contributed by atoms with Crippen molar-refractivity contribution in [3.63, 3.8) is 0 Å². The number of fused-ring (bicyclic) bond motifs is 10. The van der Waals surface area contributed by atoms with Gasteiger partial charge in [0.05, 0.1) is 16.8 Å². The van der Waals surface area contributed by atoms with Crippen molar-refractivity contribution in [1.82, 2.24) is 0 Å². The second kappa shape index (κ2) is 14.1. The van der Waals surface area contributed by atoms with Gasteiger partial charge in [-0.1, -0.05) is 164 Å². The van der Waals surface area contributed by atoms with Crippen LogP contribution in [0.15, 0.2) is 233 Å². The number of anilines is 3. The molecule has 2 heterocycles. The molecule has 0 unspecified atom stereocenters. The molecule has 63 heavy (non-hydrogen) atoms. The first kappa shape index (κ1) is 35.4. The van der Waals surface area contributed by atoms with Gasteiger partial charge in [0.1, 0.15) is 22.3 Å². The molecule has 0 aliphatic rings. The first-order valence-corrected chi connectivity index (χ1v) is 21.5. The van der Waals surface area contributed by atoms with Crippen molar-refractivity contribution in [3.8, 4) is 33.4 Å². The summed E-state index contributed by atoms with van der Waals surface area (Å²) in [5, 5.41) is 11.7. The Hall–Kier alpha value is -8.40. The van der Waals surface area contributed by atoms with Crippen molar-refractivity contribution in [2.24, 2.45) is 0 Å². The molecule has 0 fully saturated rings. The molecule has 13 aromatic rings. The fourth-order valence-electron chi connectivity index (χ4n) is 9.97. The highest BCUT2D eigenvalue weighted by molar-refractivity contribution is 6.19. The van der Waals surface area contributed by atoms with E-state index < -0.39 is 0 Å². The molecule has 294 valence electrons. The van der Waals surface area contributed by atoms with Crippen molar-refractivity contribution in [2.75, 3.05) is 4.90 Å². The van der Waals surface area contributed by atoms with Gasteiger partial charge in [-0.15, -0.1) is 0 Å². The van der Waals surface area contributed by atoms with Gasteiger partial charge in [-0.25, -0.2) is 0 Å². The topological polar surface area (TPSA) is 29.5 Å². The van der Waals surface area contributed by atoms with E-state index in [2.05, 4.69) is 217 Å². The number of furan rings is 2. The third-order valence-electron chi connectivity index (χ3n) is 12.9. The minimum Gasteiger partial charge on any atom is -0.456 e. The van der Waals surface area contributed by atoms with Crippen LogP contribution in [0, 0.1) is 0 Å². The van der Waals surface area contributed by atoms with Gasteiger partial charge in [-0.2, -0.15) is 0 Å². The van der Waals surface area contributed by atoms with Crippen molar-refractivity contribution in [2.45, 2.75) is 0 Å². The van der Waals surface area contributed by atoms with Crippen LogP contribution < -0.4 is 4.90 Å². The Morgan fingerprint density at radius 3 is 1.71 bits per heavy atom. The average Bonchev–Trinajstić information content (AvgIpc) is 3.93. The normalized spacial score (nSPS) is 11.8. The van der Waals surface area contributed by atoms with E-state index in [9.17, 15) is 0 Å². The van der Waals surface area contributed by atoms with Crippen LogP contribution in [0.2, 0.25) is 0 Å². The lowest BCUT2D eigenvalue weighted by atomic mass is 9.92. The van der Waals surface area contributed by atoms with Gasteiger partial charge in [-0.3, -0.25) is 0 Å². The summed E-state index contributed by atoms with van der Waals surface area (Å²) in [6.07, 6.45) is 0. The standard InChI is InChI=1S/C60H37NO2/c1-4-19-45-38(14-1)16-13-25-54(45)61(42-31-28-39(29-32-42)53-36-40-15-2-3-17-43(40)46-20-7-8-22-48(46)53)55-35-34-51(60-59(55)52-24-10-12-27-57(52)63-60)47-21-6-5-18-44(47)41-30-33-50-49-23-9-11-26-56(49)62-58(50)37-41/h1-37H. The van der Waals surface area contributed by atoms with E-state index >= 15 is 0 Å². The average molecular weight is 804 g/mol. The molecule has 2 aromatic heterocycles. The molecule has 11 aromatic carbocycles. The number of hydrogen-bond acceptors (Lipinski definition) is 3. The lowest BCUT2D eigenvalue weighted by Crippen LogP contribution is -2.11. The predicted octanol–water partition coefficient (Wildman–Crippen LogP) is 17.4. The van der Waals surface area contributed by atoms with Crippen LogP contribution >= 0.6 is 0 Å². The van der Waals surface area contributed by atoms with Crippen LogP contribution in [0.3, 0.4) is 0 Å². The van der Waals surface area contributed by atoms with Crippen LogP contribution in [0.25, 0.3) is 110 Å². The molecule has 0 atom stereocenters. The van der Waals surface area contributed by atoms with E-state index in [0.29, 0.717) is 0 Å². The Morgan fingerprint density at radius 2 is 0.889 bits per heavy atom. The molecule has 0 radical (unpaired) electrons. The monoisotopic (exact) mass is 803 g/mol. The molecule has 0 saturated heterocycles. The Balaban J connectivity index is 1.02. The van der Waals surface area contributed by atoms with Gasteiger partial charge in [0.15, 0.2) is 0 Å². The van der Waals surface area contributed by atoms with Gasteiger partial charge in [0.25, 0.3) is 0 Å². The quantitative estimate of drug-likeness (QED) is 0.157. The van der Waals surface area contributed by atoms with Crippen LogP contribution in [0.1, 0.15) is 0 Å². The van der Waals surface area contributed by atoms with Crippen LogP contribution in [0.5, 0.6) is 0 Å². The van der Waals surface area contributed by atoms with Crippen molar-refractivity contribution in [1.29, 1.82) is 0 Å². The summed E-state index contributed by atoms with van der Waals surface area (Å²) < 4.78 is 13.4. The predicted molar refractivity (Wildman–Crippen MR) is 265 cm³/mol. The fourth-order valence-corrected chi connectivity index (χ4v) is 9.97. The summed E-state index contributed by atoms with van der Waals surface area (Å²) in [6.45, 7) is 0. The number of para-hydroxylation sites is 2. The minimum atomic E-state index is 0.843. The lowest BCUT2D eigenvalue weighted by Gasteiger charge is -2.28. The Bertz CT molecular complexity index is 3920. The maximum atomic E-state index is 7.00. The number of nitrogens with zero attached hydrogens (tertiary/aromatic N) is 1. The Morgan fingerprint density at radius 1 is 0.286 bits per heavy atom. The van der Waals surface area contributed by atoms with E-state index in [1.807, 2.05) is 12.1 Å². The molecule has 0 saturated carbocycles. The number of hydrogen-bond donors (Lipinski definition) is 0. The highest BCUT2D eigenvalue weighted by Crippen LogP contribution is 2.49. The molecule has 0 amide bonds. The molecule has 0 spiro atoms. The van der Waals surface area contributed by atoms with E-state index in [-0.39, 0.29) is 0 Å². The van der Waals surface area contributed by atoms with E-state index in [1.165, 1.54) is 43.4 Å². The second-order valence-electron chi connectivity index (χ2n) is 16.4. The lowest BCUT2D eigenvalue weighted by molar-refractivity contribution is 0.669. The Kier molecular flexibility index (Phi) is 7.91. The summed E-state index contributed by atoms with van der Waals surface area (Å²) in [6, 6.07) is 80.5. The summed E-state index contributed by atoms with van der Waals surface area (Å²) in [5.74, 6) is 0. The van der Waals surface area contributed by atoms with Gasteiger partial charge >= 0.3 is 0 Å². The first-order chi connectivity index (χ1) is 31.2. The summed E-state index contributed by atoms with van der Waals surface area (Å²) in [7, 11) is 0. The van der Waals surface area contributed by atoms with Crippen LogP contribution in [-0.4, -0.2) is 0 Å². The highest BCUT2D eigenvalue weighted by Gasteiger charge is 2.24. The summed E-state index contributed by atoms with van der Waals surface area (Å²) in [5.41, 5.74) is 13.4. The fraction of sp³-hybridized carbons (Fsp3) is 0. The second-order valence-corrected chi connectivity index (χ2v) is 16.4. The number of rotatable bonds is 6. The third kappa shape index (κ3) is 5.60. The van der Waals surface area contributed by atoms with E-state index in [1.54, 1.807) is 0 Å². The highest BCUT2D eigenvalue weighted by atomic mass is 16.3. The smallest absolute Gasteiger partial charge is 0.145 e. The molecule has 0 bridgehead atoms. The van der Waals surface area contributed by atoms with Gasteiger partial charge in [0, 0.05) is 32.8 Å². The zero-order valence-corrected chi connectivity index (χ0v) is 34.1. The molecular weight excluding hydrogens is 767 g/mol. The largest absolute Gasteiger partial charge is 0.456 e. The van der Waals surface area contributed by atoms with E-state index in [0.717, 1.165) is 83.2 Å². The minimum absolute atomic E-state index is 0.843. The maximum Gasteiger partial charge on any atom is 0.145 e. The maximum absolute atomic E-state index is 7.00. The van der Waals surface area contributed by atoms with Gasteiger partial charge in [0.2, 0.25) is 0 Å². The third-order valence-corrected chi connectivity index (χ3v) is 12.9.